The number of ether oxygens (including phenoxy) is 1. The number of methoxy groups -OCH3 is 1. The smallest absolute Gasteiger partial charge is 0.343 e. The van der Waals surface area contributed by atoms with E-state index >= 15 is 0 Å². The zero-order valence-electron chi connectivity index (χ0n) is 17.0. The molecule has 2 rings (SSSR count). The monoisotopic (exact) mass is 496 g/mol. The van der Waals surface area contributed by atoms with E-state index in [4.69, 9.17) is 0 Å². The van der Waals surface area contributed by atoms with Crippen LogP contribution in [-0.2, 0) is 16.0 Å². The molecule has 0 unspecified atom stereocenters. The van der Waals surface area contributed by atoms with Gasteiger partial charge in [0.05, 0.1) is 7.11 Å². The van der Waals surface area contributed by atoms with Gasteiger partial charge in [-0.1, -0.05) is 28.1 Å². The maximum absolute atomic E-state index is 13.9. The predicted molar refractivity (Wildman–Crippen MR) is 115 cm³/mol. The number of rotatable bonds is 11. The van der Waals surface area contributed by atoms with Gasteiger partial charge in [-0.15, -0.1) is 0 Å². The van der Waals surface area contributed by atoms with Crippen LogP contribution in [0.1, 0.15) is 39.1 Å². The average Bonchev–Trinajstić information content (AvgIpc) is 2.72. The standard InChI is InChI=1S/C22H23BrF2N2O4/c1-31-22(30)21-17(24)11-14(12-18(21)25)5-10-27-20(29)7-9-26-8-6-19(28)15-3-2-4-16(23)13-15/h2-4,11-13,26H,5-10H2,1H3,(H,27,29). The van der Waals surface area contributed by atoms with Gasteiger partial charge in [0.1, 0.15) is 17.2 Å². The van der Waals surface area contributed by atoms with Crippen LogP contribution in [0, 0.1) is 11.6 Å². The highest BCUT2D eigenvalue weighted by atomic mass is 79.9. The van der Waals surface area contributed by atoms with Crippen molar-refractivity contribution in [3.63, 3.8) is 0 Å². The lowest BCUT2D eigenvalue weighted by Crippen LogP contribution is -2.30. The molecule has 9 heteroatoms. The minimum Gasteiger partial charge on any atom is -0.465 e. The molecule has 0 saturated carbocycles. The molecule has 0 aromatic heterocycles. The summed E-state index contributed by atoms with van der Waals surface area (Å²) in [4.78, 5) is 35.3. The van der Waals surface area contributed by atoms with Crippen LogP contribution in [0.3, 0.4) is 0 Å². The van der Waals surface area contributed by atoms with Gasteiger partial charge in [-0.2, -0.15) is 0 Å². The second-order valence-corrected chi connectivity index (χ2v) is 7.63. The predicted octanol–water partition coefficient (Wildman–Crippen LogP) is 3.43. The van der Waals surface area contributed by atoms with E-state index in [1.54, 1.807) is 18.2 Å². The van der Waals surface area contributed by atoms with Crippen LogP contribution < -0.4 is 10.6 Å². The second-order valence-electron chi connectivity index (χ2n) is 6.71. The lowest BCUT2D eigenvalue weighted by molar-refractivity contribution is -0.120. The molecule has 0 heterocycles. The summed E-state index contributed by atoms with van der Waals surface area (Å²) in [6.45, 7) is 1.04. The molecule has 0 aliphatic heterocycles. The van der Waals surface area contributed by atoms with Crippen LogP contribution in [0.15, 0.2) is 40.9 Å². The molecule has 166 valence electrons. The fraction of sp³-hybridized carbons (Fsp3) is 0.318. The SMILES string of the molecule is COC(=O)c1c(F)cc(CCNC(=O)CCNCCC(=O)c2cccc(Br)c2)cc1F. The third kappa shape index (κ3) is 7.84. The van der Waals surface area contributed by atoms with Crippen molar-refractivity contribution in [2.75, 3.05) is 26.7 Å². The zero-order valence-corrected chi connectivity index (χ0v) is 18.6. The number of halogens is 3. The summed E-state index contributed by atoms with van der Waals surface area (Å²) in [5.74, 6) is -3.31. The first-order chi connectivity index (χ1) is 14.8. The van der Waals surface area contributed by atoms with Crippen molar-refractivity contribution in [3.05, 3.63) is 69.2 Å². The van der Waals surface area contributed by atoms with Crippen LogP contribution in [0.5, 0.6) is 0 Å². The van der Waals surface area contributed by atoms with Gasteiger partial charge < -0.3 is 15.4 Å². The molecule has 0 atom stereocenters. The second kappa shape index (κ2) is 12.3. The van der Waals surface area contributed by atoms with E-state index in [0.29, 0.717) is 30.6 Å². The van der Waals surface area contributed by atoms with Gasteiger partial charge in [0.15, 0.2) is 5.78 Å². The zero-order chi connectivity index (χ0) is 22.8. The summed E-state index contributed by atoms with van der Waals surface area (Å²) in [5.41, 5.74) is 0.202. The highest BCUT2D eigenvalue weighted by molar-refractivity contribution is 9.10. The number of hydrogen-bond acceptors (Lipinski definition) is 5. The van der Waals surface area contributed by atoms with Crippen LogP contribution in [0.4, 0.5) is 8.78 Å². The molecular weight excluding hydrogens is 474 g/mol. The maximum Gasteiger partial charge on any atom is 0.343 e. The maximum atomic E-state index is 13.9. The highest BCUT2D eigenvalue weighted by Crippen LogP contribution is 2.17. The molecule has 0 radical (unpaired) electrons. The summed E-state index contributed by atoms with van der Waals surface area (Å²) in [7, 11) is 1.04. The summed E-state index contributed by atoms with van der Waals surface area (Å²) in [6, 6.07) is 9.25. The van der Waals surface area contributed by atoms with Crippen LogP contribution in [0.2, 0.25) is 0 Å². The van der Waals surface area contributed by atoms with Crippen molar-refractivity contribution in [1.82, 2.24) is 10.6 Å². The summed E-state index contributed by atoms with van der Waals surface area (Å²) < 4.78 is 33.0. The normalized spacial score (nSPS) is 10.6. The molecule has 0 aliphatic carbocycles. The van der Waals surface area contributed by atoms with Crippen molar-refractivity contribution in [1.29, 1.82) is 0 Å². The average molecular weight is 497 g/mol. The largest absolute Gasteiger partial charge is 0.465 e. The fourth-order valence-corrected chi connectivity index (χ4v) is 3.24. The Kier molecular flexibility index (Phi) is 9.74. The van der Waals surface area contributed by atoms with Crippen LogP contribution in [0.25, 0.3) is 0 Å². The number of Topliss-reactive ketones (excluding diaryl/α,β-unsaturated/α-hetero) is 1. The third-order valence-corrected chi connectivity index (χ3v) is 4.92. The summed E-state index contributed by atoms with van der Waals surface area (Å²) in [5, 5.41) is 5.70. The Morgan fingerprint density at radius 2 is 1.68 bits per heavy atom. The first-order valence-electron chi connectivity index (χ1n) is 9.64. The first kappa shape index (κ1) is 24.6. The fourth-order valence-electron chi connectivity index (χ4n) is 2.84. The molecule has 0 aliphatic rings. The molecule has 2 aromatic rings. The van der Waals surface area contributed by atoms with Crippen molar-refractivity contribution in [2.45, 2.75) is 19.3 Å². The van der Waals surface area contributed by atoms with Crippen molar-refractivity contribution in [2.24, 2.45) is 0 Å². The Morgan fingerprint density at radius 1 is 1.00 bits per heavy atom. The lowest BCUT2D eigenvalue weighted by Gasteiger charge is -2.09. The van der Waals surface area contributed by atoms with E-state index in [0.717, 1.165) is 23.7 Å². The minimum atomic E-state index is -1.08. The van der Waals surface area contributed by atoms with Crippen molar-refractivity contribution in [3.8, 4) is 0 Å². The van der Waals surface area contributed by atoms with E-state index in [9.17, 15) is 23.2 Å². The molecular formula is C22H23BrF2N2O4. The molecule has 1 amide bonds. The van der Waals surface area contributed by atoms with E-state index in [1.165, 1.54) is 0 Å². The van der Waals surface area contributed by atoms with Crippen molar-refractivity contribution < 1.29 is 27.9 Å². The lowest BCUT2D eigenvalue weighted by atomic mass is 10.1. The molecule has 2 aromatic carbocycles. The Balaban J connectivity index is 1.65. The molecule has 0 saturated heterocycles. The number of carbonyl (C=O) groups is 3. The minimum absolute atomic E-state index is 0.0101. The number of nitrogens with one attached hydrogen (secondary N) is 2. The number of ketones is 1. The topological polar surface area (TPSA) is 84.5 Å². The Bertz CT molecular complexity index is 930. The third-order valence-electron chi connectivity index (χ3n) is 4.43. The molecule has 2 N–H and O–H groups in total. The summed E-state index contributed by atoms with van der Waals surface area (Å²) in [6.07, 6.45) is 0.724. The van der Waals surface area contributed by atoms with Crippen LogP contribution >= 0.6 is 15.9 Å². The summed E-state index contributed by atoms with van der Waals surface area (Å²) >= 11 is 3.33. The van der Waals surface area contributed by atoms with Gasteiger partial charge in [0, 0.05) is 42.5 Å². The molecule has 31 heavy (non-hydrogen) atoms. The highest BCUT2D eigenvalue weighted by Gasteiger charge is 2.19. The Labute approximate surface area is 187 Å². The number of benzene rings is 2. The van der Waals surface area contributed by atoms with Crippen molar-refractivity contribution >= 4 is 33.6 Å². The van der Waals surface area contributed by atoms with Gasteiger partial charge in [0.25, 0.3) is 0 Å². The molecule has 0 bridgehead atoms. The van der Waals surface area contributed by atoms with Gasteiger partial charge in [-0.3, -0.25) is 9.59 Å². The quantitative estimate of drug-likeness (QED) is 0.283. The van der Waals surface area contributed by atoms with Gasteiger partial charge in [-0.25, -0.2) is 13.6 Å². The van der Waals surface area contributed by atoms with Gasteiger partial charge in [0.2, 0.25) is 5.91 Å². The number of hydrogen-bond donors (Lipinski definition) is 2. The number of carbonyl (C=O) groups excluding carboxylic acids is 3. The Morgan fingerprint density at radius 3 is 2.32 bits per heavy atom. The van der Waals surface area contributed by atoms with Gasteiger partial charge >= 0.3 is 5.97 Å². The molecule has 6 nitrogen and oxygen atoms in total. The Hall–Kier alpha value is -2.65. The first-order valence-corrected chi connectivity index (χ1v) is 10.4. The van der Waals surface area contributed by atoms with Crippen LogP contribution in [-0.4, -0.2) is 44.4 Å². The van der Waals surface area contributed by atoms with E-state index in [2.05, 4.69) is 31.3 Å². The molecule has 0 spiro atoms. The van der Waals surface area contributed by atoms with Gasteiger partial charge in [-0.05, 0) is 36.2 Å². The van der Waals surface area contributed by atoms with E-state index < -0.39 is 23.2 Å². The number of esters is 1. The van der Waals surface area contributed by atoms with E-state index in [1.807, 2.05) is 6.07 Å². The van der Waals surface area contributed by atoms with E-state index in [-0.39, 0.29) is 31.1 Å². The number of amides is 1. The molecule has 0 fully saturated rings.